The molecule has 1 fully saturated rings. The third-order valence-electron chi connectivity index (χ3n) is 2.96. The summed E-state index contributed by atoms with van der Waals surface area (Å²) in [6.07, 6.45) is 6.12. The van der Waals surface area contributed by atoms with Gasteiger partial charge in [-0.15, -0.1) is 0 Å². The second-order valence-electron chi connectivity index (χ2n) is 4.10. The molecule has 1 aliphatic heterocycles. The third-order valence-corrected chi connectivity index (χ3v) is 2.96. The van der Waals surface area contributed by atoms with E-state index in [0.29, 0.717) is 0 Å². The Labute approximate surface area is 84.9 Å². The zero-order valence-corrected chi connectivity index (χ0v) is 8.61. The molecule has 1 aromatic rings. The Morgan fingerprint density at radius 2 is 2.14 bits per heavy atom. The smallest absolute Gasteiger partial charge is 0.0786 e. The van der Waals surface area contributed by atoms with Crippen molar-refractivity contribution in [2.45, 2.75) is 19.8 Å². The van der Waals surface area contributed by atoms with Crippen molar-refractivity contribution in [1.82, 2.24) is 4.98 Å². The zero-order valence-electron chi connectivity index (χ0n) is 8.61. The van der Waals surface area contributed by atoms with E-state index in [0.717, 1.165) is 30.4 Å². The first-order valence-corrected chi connectivity index (χ1v) is 5.22. The number of anilines is 2. The van der Waals surface area contributed by atoms with Crippen LogP contribution in [-0.4, -0.2) is 18.1 Å². The molecular weight excluding hydrogens is 174 g/mol. The van der Waals surface area contributed by atoms with E-state index in [-0.39, 0.29) is 0 Å². The summed E-state index contributed by atoms with van der Waals surface area (Å²) in [5.74, 6) is 0.851. The highest BCUT2D eigenvalue weighted by Gasteiger charge is 2.17. The number of piperidine rings is 1. The van der Waals surface area contributed by atoms with Crippen LogP contribution >= 0.6 is 0 Å². The van der Waals surface area contributed by atoms with Gasteiger partial charge in [0.15, 0.2) is 0 Å². The van der Waals surface area contributed by atoms with Gasteiger partial charge in [-0.2, -0.15) is 0 Å². The summed E-state index contributed by atoms with van der Waals surface area (Å²) in [6, 6.07) is 1.87. The van der Waals surface area contributed by atoms with Crippen LogP contribution in [0.1, 0.15) is 19.8 Å². The maximum absolute atomic E-state index is 5.90. The van der Waals surface area contributed by atoms with Crippen molar-refractivity contribution in [3.63, 3.8) is 0 Å². The van der Waals surface area contributed by atoms with E-state index >= 15 is 0 Å². The Morgan fingerprint density at radius 1 is 1.43 bits per heavy atom. The SMILES string of the molecule is CC1CCN(c2cnccc2N)CC1. The van der Waals surface area contributed by atoms with Gasteiger partial charge in [0.1, 0.15) is 0 Å². The van der Waals surface area contributed by atoms with E-state index in [1.807, 2.05) is 12.3 Å². The molecule has 1 aromatic heterocycles. The van der Waals surface area contributed by atoms with E-state index in [2.05, 4.69) is 16.8 Å². The fourth-order valence-electron chi connectivity index (χ4n) is 1.91. The number of aromatic nitrogens is 1. The predicted octanol–water partition coefficient (Wildman–Crippen LogP) is 1.90. The molecule has 3 nitrogen and oxygen atoms in total. The van der Waals surface area contributed by atoms with Crippen LogP contribution in [0.3, 0.4) is 0 Å². The van der Waals surface area contributed by atoms with Crippen molar-refractivity contribution in [2.75, 3.05) is 23.7 Å². The van der Waals surface area contributed by atoms with E-state index in [4.69, 9.17) is 5.73 Å². The van der Waals surface area contributed by atoms with Gasteiger partial charge in [0, 0.05) is 19.3 Å². The molecule has 3 heteroatoms. The van der Waals surface area contributed by atoms with Crippen molar-refractivity contribution in [3.05, 3.63) is 18.5 Å². The highest BCUT2D eigenvalue weighted by molar-refractivity contribution is 5.65. The summed E-state index contributed by atoms with van der Waals surface area (Å²) in [5.41, 5.74) is 7.84. The van der Waals surface area contributed by atoms with Crippen molar-refractivity contribution < 1.29 is 0 Å². The van der Waals surface area contributed by atoms with Crippen LogP contribution in [0.2, 0.25) is 0 Å². The minimum absolute atomic E-state index is 0.842. The highest BCUT2D eigenvalue weighted by atomic mass is 15.1. The second kappa shape index (κ2) is 3.86. The van der Waals surface area contributed by atoms with Crippen molar-refractivity contribution in [1.29, 1.82) is 0 Å². The molecule has 2 rings (SSSR count). The van der Waals surface area contributed by atoms with Gasteiger partial charge in [-0.05, 0) is 24.8 Å². The molecule has 0 atom stereocenters. The van der Waals surface area contributed by atoms with E-state index in [1.165, 1.54) is 12.8 Å². The van der Waals surface area contributed by atoms with Crippen molar-refractivity contribution >= 4 is 11.4 Å². The van der Waals surface area contributed by atoms with E-state index in [9.17, 15) is 0 Å². The molecule has 0 aromatic carbocycles. The maximum atomic E-state index is 5.90. The molecule has 0 radical (unpaired) electrons. The number of hydrogen-bond donors (Lipinski definition) is 1. The van der Waals surface area contributed by atoms with Crippen LogP contribution in [0.5, 0.6) is 0 Å². The standard InChI is InChI=1S/C11H17N3/c1-9-3-6-14(7-4-9)11-8-13-5-2-10(11)12/h2,5,8-9H,3-4,6-7H2,1H3,(H2,12,13). The number of rotatable bonds is 1. The van der Waals surface area contributed by atoms with Gasteiger partial charge >= 0.3 is 0 Å². The summed E-state index contributed by atoms with van der Waals surface area (Å²) < 4.78 is 0. The summed E-state index contributed by atoms with van der Waals surface area (Å²) in [5, 5.41) is 0. The average Bonchev–Trinajstić information content (AvgIpc) is 2.20. The molecule has 2 N–H and O–H groups in total. The van der Waals surface area contributed by atoms with Gasteiger partial charge in [0.25, 0.3) is 0 Å². The van der Waals surface area contributed by atoms with Gasteiger partial charge in [-0.1, -0.05) is 6.92 Å². The number of nitrogen functional groups attached to an aromatic ring is 1. The van der Waals surface area contributed by atoms with Crippen LogP contribution in [-0.2, 0) is 0 Å². The Balaban J connectivity index is 2.12. The van der Waals surface area contributed by atoms with Crippen LogP contribution in [0.25, 0.3) is 0 Å². The van der Waals surface area contributed by atoms with Crippen LogP contribution < -0.4 is 10.6 Å². The number of hydrogen-bond acceptors (Lipinski definition) is 3. The normalized spacial score (nSPS) is 18.5. The lowest BCUT2D eigenvalue weighted by atomic mass is 9.99. The first-order chi connectivity index (χ1) is 6.77. The lowest BCUT2D eigenvalue weighted by Crippen LogP contribution is -2.33. The Bertz CT molecular complexity index is 303. The Hall–Kier alpha value is -1.25. The van der Waals surface area contributed by atoms with Gasteiger partial charge < -0.3 is 10.6 Å². The fraction of sp³-hybridized carbons (Fsp3) is 0.545. The topological polar surface area (TPSA) is 42.2 Å². The van der Waals surface area contributed by atoms with E-state index < -0.39 is 0 Å². The minimum atomic E-state index is 0.842. The molecule has 0 amide bonds. The zero-order chi connectivity index (χ0) is 9.97. The monoisotopic (exact) mass is 191 g/mol. The summed E-state index contributed by atoms with van der Waals surface area (Å²) >= 11 is 0. The third kappa shape index (κ3) is 1.81. The number of nitrogens with two attached hydrogens (primary N) is 1. The molecule has 0 aliphatic carbocycles. The van der Waals surface area contributed by atoms with Gasteiger partial charge in [0.2, 0.25) is 0 Å². The number of nitrogens with zero attached hydrogens (tertiary/aromatic N) is 2. The van der Waals surface area contributed by atoms with Gasteiger partial charge in [0.05, 0.1) is 17.6 Å². The van der Waals surface area contributed by atoms with Crippen LogP contribution in [0.15, 0.2) is 18.5 Å². The molecule has 1 aliphatic rings. The van der Waals surface area contributed by atoms with Gasteiger partial charge in [-0.25, -0.2) is 0 Å². The molecule has 0 unspecified atom stereocenters. The lowest BCUT2D eigenvalue weighted by Gasteiger charge is -2.32. The lowest BCUT2D eigenvalue weighted by molar-refractivity contribution is 0.438. The van der Waals surface area contributed by atoms with Crippen molar-refractivity contribution in [3.8, 4) is 0 Å². The average molecular weight is 191 g/mol. The molecule has 0 saturated carbocycles. The molecule has 1 saturated heterocycles. The van der Waals surface area contributed by atoms with Crippen LogP contribution in [0.4, 0.5) is 11.4 Å². The first-order valence-electron chi connectivity index (χ1n) is 5.22. The second-order valence-corrected chi connectivity index (χ2v) is 4.10. The molecule has 0 bridgehead atoms. The predicted molar refractivity (Wildman–Crippen MR) is 59.3 cm³/mol. The van der Waals surface area contributed by atoms with Crippen LogP contribution in [0, 0.1) is 5.92 Å². The Kier molecular flexibility index (Phi) is 2.57. The fourth-order valence-corrected chi connectivity index (χ4v) is 1.91. The van der Waals surface area contributed by atoms with Crippen molar-refractivity contribution in [2.24, 2.45) is 5.92 Å². The highest BCUT2D eigenvalue weighted by Crippen LogP contribution is 2.26. The summed E-state index contributed by atoms with van der Waals surface area (Å²) in [6.45, 7) is 4.53. The molecular formula is C11H17N3. The quantitative estimate of drug-likeness (QED) is 0.737. The first kappa shape index (κ1) is 9.31. The Morgan fingerprint density at radius 3 is 2.79 bits per heavy atom. The molecule has 2 heterocycles. The summed E-state index contributed by atoms with van der Waals surface area (Å²) in [7, 11) is 0. The minimum Gasteiger partial charge on any atom is -0.397 e. The maximum Gasteiger partial charge on any atom is 0.0786 e. The molecule has 76 valence electrons. The summed E-state index contributed by atoms with van der Waals surface area (Å²) in [4.78, 5) is 6.45. The molecule has 0 spiro atoms. The van der Waals surface area contributed by atoms with Gasteiger partial charge in [-0.3, -0.25) is 4.98 Å². The molecule has 14 heavy (non-hydrogen) atoms. The largest absolute Gasteiger partial charge is 0.397 e. The number of pyridine rings is 1. The van der Waals surface area contributed by atoms with E-state index in [1.54, 1.807) is 6.20 Å².